The molecule has 0 bridgehead atoms. The maximum absolute atomic E-state index is 3.40. The lowest BCUT2D eigenvalue weighted by Crippen LogP contribution is -2.35. The monoisotopic (exact) mass is 279 g/mol. The van der Waals surface area contributed by atoms with Crippen LogP contribution < -0.4 is 4.57 Å². The predicted molar refractivity (Wildman–Crippen MR) is 86.9 cm³/mol. The van der Waals surface area contributed by atoms with Crippen LogP contribution >= 0.6 is 0 Å². The number of imidazole rings is 1. The molecule has 1 rings (SSSR count). The summed E-state index contributed by atoms with van der Waals surface area (Å²) >= 11 is 0. The van der Waals surface area contributed by atoms with Gasteiger partial charge in [0.25, 0.3) is 5.82 Å². The van der Waals surface area contributed by atoms with Crippen LogP contribution in [0.1, 0.15) is 96.7 Å². The number of aromatic nitrogens is 2. The largest absolute Gasteiger partial charge is 0.257 e. The zero-order valence-corrected chi connectivity index (χ0v) is 14.0. The quantitative estimate of drug-likeness (QED) is 0.393. The zero-order chi connectivity index (χ0) is 14.6. The molecule has 0 saturated heterocycles. The summed E-state index contributed by atoms with van der Waals surface area (Å²) in [5.74, 6) is 2.06. The second-order valence-corrected chi connectivity index (χ2v) is 6.15. The maximum Gasteiger partial charge on any atom is 0.257 e. The van der Waals surface area contributed by atoms with Gasteiger partial charge in [-0.1, -0.05) is 71.6 Å². The summed E-state index contributed by atoms with van der Waals surface area (Å²) in [5, 5.41) is 0. The van der Waals surface area contributed by atoms with E-state index in [9.17, 15) is 0 Å². The van der Waals surface area contributed by atoms with Crippen molar-refractivity contribution in [2.24, 2.45) is 0 Å². The number of hydrogen-bond donors (Lipinski definition) is 1. The molecule has 0 saturated carbocycles. The average molecular weight is 279 g/mol. The van der Waals surface area contributed by atoms with Crippen molar-refractivity contribution in [1.29, 1.82) is 0 Å². The van der Waals surface area contributed by atoms with Crippen molar-refractivity contribution in [3.8, 4) is 0 Å². The van der Waals surface area contributed by atoms with Gasteiger partial charge in [-0.15, -0.1) is 0 Å². The third kappa shape index (κ3) is 6.58. The van der Waals surface area contributed by atoms with Gasteiger partial charge in [0.15, 0.2) is 0 Å². The molecule has 0 aromatic carbocycles. The summed E-state index contributed by atoms with van der Waals surface area (Å²) in [6.07, 6.45) is 18.3. The molecule has 1 heterocycles. The summed E-state index contributed by atoms with van der Waals surface area (Å²) in [6, 6.07) is 0. The van der Waals surface area contributed by atoms with Crippen LogP contribution in [0.5, 0.6) is 0 Å². The lowest BCUT2D eigenvalue weighted by Gasteiger charge is -2.07. The number of hydrogen-bond acceptors (Lipinski definition) is 0. The molecule has 116 valence electrons. The number of rotatable bonds is 12. The van der Waals surface area contributed by atoms with E-state index in [4.69, 9.17) is 0 Å². The molecule has 20 heavy (non-hydrogen) atoms. The molecular weight excluding hydrogens is 244 g/mol. The summed E-state index contributed by atoms with van der Waals surface area (Å²) in [5.41, 5.74) is 0. The van der Waals surface area contributed by atoms with Crippen LogP contribution in [0, 0.1) is 0 Å². The van der Waals surface area contributed by atoms with E-state index in [1.807, 2.05) is 0 Å². The van der Waals surface area contributed by atoms with Gasteiger partial charge in [0.05, 0.1) is 12.5 Å². The second-order valence-electron chi connectivity index (χ2n) is 6.15. The molecule has 0 radical (unpaired) electrons. The normalized spacial score (nSPS) is 12.8. The number of H-pyrrole nitrogens is 1. The number of unbranched alkanes of at least 4 members (excludes halogenated alkanes) is 8. The fourth-order valence-corrected chi connectivity index (χ4v) is 2.97. The summed E-state index contributed by atoms with van der Waals surface area (Å²) < 4.78 is 2.33. The van der Waals surface area contributed by atoms with Crippen molar-refractivity contribution in [2.75, 3.05) is 0 Å². The molecular formula is C18H35N2+. The minimum absolute atomic E-state index is 0.662. The van der Waals surface area contributed by atoms with Gasteiger partial charge >= 0.3 is 0 Å². The predicted octanol–water partition coefficient (Wildman–Crippen LogP) is 5.35. The molecule has 1 aromatic heterocycles. The molecule has 1 N–H and O–H groups in total. The Kier molecular flexibility index (Phi) is 9.44. The van der Waals surface area contributed by atoms with Crippen LogP contribution in [-0.4, -0.2) is 4.98 Å². The van der Waals surface area contributed by atoms with E-state index >= 15 is 0 Å². The molecule has 0 aliphatic heterocycles. The second kappa shape index (κ2) is 10.9. The Labute approximate surface area is 126 Å². The fourth-order valence-electron chi connectivity index (χ4n) is 2.97. The van der Waals surface area contributed by atoms with E-state index in [2.05, 4.69) is 42.7 Å². The van der Waals surface area contributed by atoms with E-state index in [0.29, 0.717) is 5.92 Å². The summed E-state index contributed by atoms with van der Waals surface area (Å²) in [7, 11) is 0. The van der Waals surface area contributed by atoms with Gasteiger partial charge in [-0.25, -0.2) is 9.55 Å². The van der Waals surface area contributed by atoms with E-state index in [0.717, 1.165) is 6.54 Å². The van der Waals surface area contributed by atoms with Crippen LogP contribution in [0.3, 0.4) is 0 Å². The molecule has 1 atom stereocenters. The topological polar surface area (TPSA) is 19.7 Å². The summed E-state index contributed by atoms with van der Waals surface area (Å²) in [6.45, 7) is 7.92. The molecule has 0 unspecified atom stereocenters. The van der Waals surface area contributed by atoms with Crippen LogP contribution in [0.25, 0.3) is 0 Å². The van der Waals surface area contributed by atoms with Crippen molar-refractivity contribution in [1.82, 2.24) is 4.98 Å². The lowest BCUT2D eigenvalue weighted by molar-refractivity contribution is -0.700. The van der Waals surface area contributed by atoms with E-state index in [-0.39, 0.29) is 0 Å². The molecule has 2 heteroatoms. The SMILES string of the molecule is CCCCCCCCCCC[C@H](C)c1[nH]cc[n+]1CC. The Morgan fingerprint density at radius 1 is 0.950 bits per heavy atom. The minimum Gasteiger partial charge on any atom is -0.247 e. The lowest BCUT2D eigenvalue weighted by atomic mass is 10.0. The minimum atomic E-state index is 0.662. The number of aromatic amines is 1. The zero-order valence-electron chi connectivity index (χ0n) is 14.0. The Morgan fingerprint density at radius 2 is 1.55 bits per heavy atom. The first kappa shape index (κ1) is 17.3. The fraction of sp³-hybridized carbons (Fsp3) is 0.833. The Morgan fingerprint density at radius 3 is 2.15 bits per heavy atom. The van der Waals surface area contributed by atoms with Crippen molar-refractivity contribution in [2.45, 2.75) is 97.4 Å². The first-order valence-electron chi connectivity index (χ1n) is 8.86. The van der Waals surface area contributed by atoms with Crippen molar-refractivity contribution in [3.05, 3.63) is 18.2 Å². The van der Waals surface area contributed by atoms with E-state index < -0.39 is 0 Å². The Hall–Kier alpha value is -0.790. The van der Waals surface area contributed by atoms with Crippen LogP contribution in [0.2, 0.25) is 0 Å². The van der Waals surface area contributed by atoms with Crippen LogP contribution in [-0.2, 0) is 6.54 Å². The van der Waals surface area contributed by atoms with Gasteiger partial charge in [-0.05, 0) is 13.3 Å². The third-order valence-electron chi connectivity index (χ3n) is 4.34. The molecule has 0 fully saturated rings. The standard InChI is InChI=1S/C18H34N2/c1-4-6-7-8-9-10-11-12-13-14-17(3)18-19-15-16-20(18)5-2/h15-17H,4-14H2,1-3H3/p+1/t17-/m0/s1. The highest BCUT2D eigenvalue weighted by molar-refractivity contribution is 4.86. The first-order valence-corrected chi connectivity index (χ1v) is 8.86. The highest BCUT2D eigenvalue weighted by atomic mass is 15.1. The van der Waals surface area contributed by atoms with E-state index in [1.165, 1.54) is 70.0 Å². The molecule has 0 spiro atoms. The van der Waals surface area contributed by atoms with Crippen molar-refractivity contribution < 1.29 is 4.57 Å². The summed E-state index contributed by atoms with van der Waals surface area (Å²) in [4.78, 5) is 3.40. The van der Waals surface area contributed by atoms with Gasteiger partial charge in [0.1, 0.15) is 12.4 Å². The number of aryl methyl sites for hydroxylation is 1. The Balaban J connectivity index is 2.01. The Bertz CT molecular complexity index is 330. The van der Waals surface area contributed by atoms with Crippen LogP contribution in [0.4, 0.5) is 0 Å². The first-order chi connectivity index (χ1) is 9.79. The number of nitrogens with zero attached hydrogens (tertiary/aromatic N) is 1. The van der Waals surface area contributed by atoms with Crippen LogP contribution in [0.15, 0.2) is 12.4 Å². The molecule has 0 amide bonds. The van der Waals surface area contributed by atoms with Gasteiger partial charge in [0, 0.05) is 0 Å². The average Bonchev–Trinajstić information content (AvgIpc) is 2.94. The highest BCUT2D eigenvalue weighted by Crippen LogP contribution is 2.18. The molecule has 0 aliphatic rings. The third-order valence-corrected chi connectivity index (χ3v) is 4.34. The van der Waals surface area contributed by atoms with Gasteiger partial charge in [-0.2, -0.15) is 0 Å². The number of nitrogens with one attached hydrogen (secondary N) is 1. The van der Waals surface area contributed by atoms with E-state index in [1.54, 1.807) is 0 Å². The molecule has 0 aliphatic carbocycles. The highest BCUT2D eigenvalue weighted by Gasteiger charge is 2.16. The smallest absolute Gasteiger partial charge is 0.247 e. The molecule has 2 nitrogen and oxygen atoms in total. The van der Waals surface area contributed by atoms with Gasteiger partial charge < -0.3 is 0 Å². The van der Waals surface area contributed by atoms with Gasteiger partial charge in [-0.3, -0.25) is 0 Å². The molecule has 1 aromatic rings. The van der Waals surface area contributed by atoms with Gasteiger partial charge in [0.2, 0.25) is 0 Å². The van der Waals surface area contributed by atoms with Crippen molar-refractivity contribution >= 4 is 0 Å². The van der Waals surface area contributed by atoms with Crippen molar-refractivity contribution in [3.63, 3.8) is 0 Å². The maximum atomic E-state index is 3.40.